The fourth-order valence-electron chi connectivity index (χ4n) is 1.92. The van der Waals surface area contributed by atoms with Crippen molar-refractivity contribution in [1.82, 2.24) is 4.90 Å². The van der Waals surface area contributed by atoms with E-state index in [9.17, 15) is 5.11 Å². The molecule has 2 atom stereocenters. The lowest BCUT2D eigenvalue weighted by Gasteiger charge is -2.27. The summed E-state index contributed by atoms with van der Waals surface area (Å²) in [6.45, 7) is 8.60. The molecule has 2 unspecified atom stereocenters. The summed E-state index contributed by atoms with van der Waals surface area (Å²) in [6.07, 6.45) is 6.15. The van der Waals surface area contributed by atoms with Crippen molar-refractivity contribution in [3.63, 3.8) is 0 Å². The van der Waals surface area contributed by atoms with Crippen molar-refractivity contribution in [2.75, 3.05) is 13.1 Å². The van der Waals surface area contributed by atoms with Crippen molar-refractivity contribution in [3.05, 3.63) is 0 Å². The third-order valence-corrected chi connectivity index (χ3v) is 3.58. The Hall–Kier alpha value is -0.0800. The summed E-state index contributed by atoms with van der Waals surface area (Å²) in [5.74, 6) is 0.438. The zero-order chi connectivity index (χ0) is 11.3. The molecule has 1 saturated carbocycles. The van der Waals surface area contributed by atoms with Gasteiger partial charge in [-0.15, -0.1) is 0 Å². The van der Waals surface area contributed by atoms with E-state index in [1.165, 1.54) is 32.2 Å². The van der Waals surface area contributed by atoms with Crippen LogP contribution in [-0.2, 0) is 0 Å². The monoisotopic (exact) mass is 213 g/mol. The van der Waals surface area contributed by atoms with E-state index in [2.05, 4.69) is 25.7 Å². The second-order valence-electron chi connectivity index (χ2n) is 5.03. The van der Waals surface area contributed by atoms with Crippen LogP contribution in [0, 0.1) is 5.92 Å². The fourth-order valence-corrected chi connectivity index (χ4v) is 1.92. The SMILES string of the molecule is CCCCN(CC(O)C(C)CC)C1CC1. The smallest absolute Gasteiger partial charge is 0.0692 e. The lowest BCUT2D eigenvalue weighted by Crippen LogP contribution is -2.37. The molecule has 1 fully saturated rings. The molecule has 15 heavy (non-hydrogen) atoms. The van der Waals surface area contributed by atoms with Crippen molar-refractivity contribution in [3.8, 4) is 0 Å². The standard InChI is InChI=1S/C13H27NO/c1-4-6-9-14(12-7-8-12)10-13(15)11(3)5-2/h11-13,15H,4-10H2,1-3H3. The zero-order valence-corrected chi connectivity index (χ0v) is 10.6. The van der Waals surface area contributed by atoms with Gasteiger partial charge in [-0.2, -0.15) is 0 Å². The van der Waals surface area contributed by atoms with E-state index in [-0.39, 0.29) is 6.10 Å². The number of nitrogens with zero attached hydrogens (tertiary/aromatic N) is 1. The third kappa shape index (κ3) is 4.52. The van der Waals surface area contributed by atoms with Gasteiger partial charge in [0.1, 0.15) is 0 Å². The Balaban J connectivity index is 2.29. The number of hydrogen-bond donors (Lipinski definition) is 1. The molecule has 1 aliphatic carbocycles. The Kier molecular flexibility index (Phi) is 5.62. The van der Waals surface area contributed by atoms with Crippen LogP contribution in [0.25, 0.3) is 0 Å². The normalized spacial score (nSPS) is 20.6. The molecule has 0 bridgehead atoms. The lowest BCUT2D eigenvalue weighted by atomic mass is 10.0. The average Bonchev–Trinajstić information content (AvgIpc) is 3.06. The van der Waals surface area contributed by atoms with Crippen LogP contribution in [-0.4, -0.2) is 35.2 Å². The highest BCUT2D eigenvalue weighted by atomic mass is 16.3. The maximum atomic E-state index is 10.0. The summed E-state index contributed by atoms with van der Waals surface area (Å²) < 4.78 is 0. The average molecular weight is 213 g/mol. The van der Waals surface area contributed by atoms with Gasteiger partial charge in [-0.05, 0) is 31.7 Å². The molecule has 1 rings (SSSR count). The molecule has 2 nitrogen and oxygen atoms in total. The van der Waals surface area contributed by atoms with E-state index in [4.69, 9.17) is 0 Å². The Bertz CT molecular complexity index is 168. The predicted octanol–water partition coefficient (Wildman–Crippen LogP) is 2.66. The van der Waals surface area contributed by atoms with E-state index in [0.29, 0.717) is 5.92 Å². The predicted molar refractivity (Wildman–Crippen MR) is 65.0 cm³/mol. The molecule has 0 radical (unpaired) electrons. The first-order valence-corrected chi connectivity index (χ1v) is 6.61. The zero-order valence-electron chi connectivity index (χ0n) is 10.6. The van der Waals surface area contributed by atoms with Crippen molar-refractivity contribution < 1.29 is 5.11 Å². The minimum atomic E-state index is -0.132. The molecule has 0 spiro atoms. The van der Waals surface area contributed by atoms with Gasteiger partial charge in [0.15, 0.2) is 0 Å². The van der Waals surface area contributed by atoms with Crippen LogP contribution in [0.15, 0.2) is 0 Å². The van der Waals surface area contributed by atoms with Gasteiger partial charge in [-0.25, -0.2) is 0 Å². The van der Waals surface area contributed by atoms with E-state index >= 15 is 0 Å². The fraction of sp³-hybridized carbons (Fsp3) is 1.00. The van der Waals surface area contributed by atoms with Gasteiger partial charge >= 0.3 is 0 Å². The van der Waals surface area contributed by atoms with E-state index in [1.807, 2.05) is 0 Å². The highest BCUT2D eigenvalue weighted by molar-refractivity contribution is 4.86. The first-order valence-electron chi connectivity index (χ1n) is 6.61. The van der Waals surface area contributed by atoms with Crippen LogP contribution in [0.1, 0.15) is 52.9 Å². The summed E-state index contributed by atoms with van der Waals surface area (Å²) in [4.78, 5) is 2.50. The first-order chi connectivity index (χ1) is 7.19. The second-order valence-corrected chi connectivity index (χ2v) is 5.03. The molecule has 0 aromatic carbocycles. The van der Waals surface area contributed by atoms with Gasteiger partial charge in [0.25, 0.3) is 0 Å². The summed E-state index contributed by atoms with van der Waals surface area (Å²) in [5.41, 5.74) is 0. The molecule has 0 saturated heterocycles. The van der Waals surface area contributed by atoms with Crippen LogP contribution >= 0.6 is 0 Å². The van der Waals surface area contributed by atoms with Crippen molar-refractivity contribution in [1.29, 1.82) is 0 Å². The first kappa shape index (κ1) is 13.0. The molecular formula is C13H27NO. The molecule has 1 N–H and O–H groups in total. The molecule has 0 amide bonds. The Labute approximate surface area is 94.7 Å². The number of aliphatic hydroxyl groups excluding tert-OH is 1. The van der Waals surface area contributed by atoms with Crippen LogP contribution < -0.4 is 0 Å². The van der Waals surface area contributed by atoms with Crippen LogP contribution in [0.4, 0.5) is 0 Å². The number of aliphatic hydroxyl groups is 1. The topological polar surface area (TPSA) is 23.5 Å². The number of unbranched alkanes of at least 4 members (excludes halogenated alkanes) is 1. The molecule has 0 heterocycles. The summed E-state index contributed by atoms with van der Waals surface area (Å²) in [6, 6.07) is 0.787. The molecule has 90 valence electrons. The van der Waals surface area contributed by atoms with Gasteiger partial charge in [-0.3, -0.25) is 4.90 Å². The van der Waals surface area contributed by atoms with Crippen LogP contribution in [0.5, 0.6) is 0 Å². The van der Waals surface area contributed by atoms with E-state index < -0.39 is 0 Å². The van der Waals surface area contributed by atoms with Crippen LogP contribution in [0.2, 0.25) is 0 Å². The maximum Gasteiger partial charge on any atom is 0.0692 e. The summed E-state index contributed by atoms with van der Waals surface area (Å²) >= 11 is 0. The lowest BCUT2D eigenvalue weighted by molar-refractivity contribution is 0.0647. The second kappa shape index (κ2) is 6.49. The van der Waals surface area contributed by atoms with Crippen molar-refractivity contribution in [2.24, 2.45) is 5.92 Å². The molecule has 0 aromatic rings. The number of rotatable bonds is 8. The van der Waals surface area contributed by atoms with Gasteiger partial charge < -0.3 is 5.11 Å². The maximum absolute atomic E-state index is 10.0. The van der Waals surface area contributed by atoms with Crippen molar-refractivity contribution >= 4 is 0 Å². The van der Waals surface area contributed by atoms with Crippen LogP contribution in [0.3, 0.4) is 0 Å². The van der Waals surface area contributed by atoms with Gasteiger partial charge in [0.05, 0.1) is 6.10 Å². The highest BCUT2D eigenvalue weighted by Gasteiger charge is 2.30. The largest absolute Gasteiger partial charge is 0.392 e. The number of hydrogen-bond acceptors (Lipinski definition) is 2. The van der Waals surface area contributed by atoms with Gasteiger partial charge in [0, 0.05) is 12.6 Å². The van der Waals surface area contributed by atoms with E-state index in [0.717, 1.165) is 19.0 Å². The third-order valence-electron chi connectivity index (χ3n) is 3.58. The summed E-state index contributed by atoms with van der Waals surface area (Å²) in [7, 11) is 0. The quantitative estimate of drug-likeness (QED) is 0.670. The van der Waals surface area contributed by atoms with E-state index in [1.54, 1.807) is 0 Å². The molecule has 0 aliphatic heterocycles. The van der Waals surface area contributed by atoms with Gasteiger partial charge in [-0.1, -0.05) is 33.6 Å². The molecular weight excluding hydrogens is 186 g/mol. The van der Waals surface area contributed by atoms with Crippen molar-refractivity contribution in [2.45, 2.75) is 65.0 Å². The minimum Gasteiger partial charge on any atom is -0.392 e. The highest BCUT2D eigenvalue weighted by Crippen LogP contribution is 2.27. The Morgan fingerprint density at radius 1 is 1.33 bits per heavy atom. The Morgan fingerprint density at radius 2 is 2.00 bits per heavy atom. The summed E-state index contributed by atoms with van der Waals surface area (Å²) in [5, 5.41) is 10.0. The minimum absolute atomic E-state index is 0.132. The molecule has 1 aliphatic rings. The van der Waals surface area contributed by atoms with Gasteiger partial charge in [0.2, 0.25) is 0 Å². The molecule has 0 aromatic heterocycles. The Morgan fingerprint density at radius 3 is 2.47 bits per heavy atom. The molecule has 2 heteroatoms.